The van der Waals surface area contributed by atoms with Crippen LogP contribution in [0.3, 0.4) is 0 Å². The molecule has 4 aromatic rings. The molecule has 6 nitrogen and oxygen atoms in total. The maximum atomic E-state index is 12.8. The Morgan fingerprint density at radius 3 is 2.66 bits per heavy atom. The number of carbonyl (C=O) groups excluding carboxylic acids is 1. The van der Waals surface area contributed by atoms with E-state index in [2.05, 4.69) is 36.1 Å². The summed E-state index contributed by atoms with van der Waals surface area (Å²) in [6.45, 7) is 6.17. The molecule has 0 saturated carbocycles. The summed E-state index contributed by atoms with van der Waals surface area (Å²) in [5.41, 5.74) is 1.57. The standard InChI is InChI=1S/C21H20N4O2S2/c1-21(2,3)16-12-28-19(23-16)24-17(26)15-10-22-20-25(18(15)27)11-14(29-20)9-13-7-5-4-6-8-13/h4-8,10-12H,9H2,1-3H3,(H,23,24,26). The molecule has 0 aliphatic rings. The van der Waals surface area contributed by atoms with Gasteiger partial charge in [-0.15, -0.1) is 22.7 Å². The van der Waals surface area contributed by atoms with Gasteiger partial charge in [-0.2, -0.15) is 0 Å². The van der Waals surface area contributed by atoms with Crippen molar-refractivity contribution >= 4 is 38.7 Å². The van der Waals surface area contributed by atoms with Crippen LogP contribution in [0.2, 0.25) is 0 Å². The number of anilines is 1. The summed E-state index contributed by atoms with van der Waals surface area (Å²) in [6, 6.07) is 10.0. The first-order valence-corrected chi connectivity index (χ1v) is 10.8. The van der Waals surface area contributed by atoms with E-state index in [1.165, 1.54) is 33.3 Å². The van der Waals surface area contributed by atoms with Crippen LogP contribution in [0.15, 0.2) is 52.9 Å². The number of nitrogens with zero attached hydrogens (tertiary/aromatic N) is 3. The molecule has 0 saturated heterocycles. The van der Waals surface area contributed by atoms with Crippen molar-refractivity contribution in [3.05, 3.63) is 80.2 Å². The Hall–Kier alpha value is -2.84. The summed E-state index contributed by atoms with van der Waals surface area (Å²) < 4.78 is 1.44. The summed E-state index contributed by atoms with van der Waals surface area (Å²) >= 11 is 2.79. The van der Waals surface area contributed by atoms with E-state index in [0.717, 1.165) is 16.1 Å². The molecule has 8 heteroatoms. The van der Waals surface area contributed by atoms with Gasteiger partial charge < -0.3 is 0 Å². The van der Waals surface area contributed by atoms with Crippen LogP contribution in [0.25, 0.3) is 4.96 Å². The predicted octanol–water partition coefficient (Wildman–Crippen LogP) is 4.35. The Morgan fingerprint density at radius 1 is 1.21 bits per heavy atom. The first-order chi connectivity index (χ1) is 13.8. The average Bonchev–Trinajstić information content (AvgIpc) is 3.30. The third-order valence-electron chi connectivity index (χ3n) is 4.41. The molecule has 0 spiro atoms. The van der Waals surface area contributed by atoms with Crippen LogP contribution < -0.4 is 10.9 Å². The quantitative estimate of drug-likeness (QED) is 0.528. The number of hydrogen-bond donors (Lipinski definition) is 1. The highest BCUT2D eigenvalue weighted by Gasteiger charge is 2.20. The summed E-state index contributed by atoms with van der Waals surface area (Å²) in [5, 5.41) is 5.11. The minimum absolute atomic E-state index is 0.000861. The van der Waals surface area contributed by atoms with Gasteiger partial charge in [0.1, 0.15) is 5.56 Å². The van der Waals surface area contributed by atoms with E-state index < -0.39 is 5.91 Å². The van der Waals surface area contributed by atoms with Crippen LogP contribution in [0, 0.1) is 0 Å². The van der Waals surface area contributed by atoms with Crippen molar-refractivity contribution in [2.75, 3.05) is 5.32 Å². The van der Waals surface area contributed by atoms with E-state index >= 15 is 0 Å². The lowest BCUT2D eigenvalue weighted by atomic mass is 9.93. The van der Waals surface area contributed by atoms with Crippen molar-refractivity contribution in [2.24, 2.45) is 0 Å². The number of nitrogens with one attached hydrogen (secondary N) is 1. The Balaban J connectivity index is 1.59. The van der Waals surface area contributed by atoms with Crippen LogP contribution >= 0.6 is 22.7 Å². The van der Waals surface area contributed by atoms with E-state index in [1.807, 2.05) is 35.7 Å². The zero-order valence-electron chi connectivity index (χ0n) is 16.3. The topological polar surface area (TPSA) is 76.4 Å². The first kappa shape index (κ1) is 19.5. The molecule has 148 valence electrons. The number of carbonyl (C=O) groups is 1. The largest absolute Gasteiger partial charge is 0.298 e. The second-order valence-electron chi connectivity index (χ2n) is 7.73. The number of fused-ring (bicyclic) bond motifs is 1. The Morgan fingerprint density at radius 2 is 1.97 bits per heavy atom. The molecule has 0 aliphatic heterocycles. The van der Waals surface area contributed by atoms with Crippen molar-refractivity contribution in [3.63, 3.8) is 0 Å². The number of amides is 1. The molecule has 0 unspecified atom stereocenters. The number of benzene rings is 1. The third kappa shape index (κ3) is 4.13. The number of thiazole rings is 2. The minimum atomic E-state index is -0.498. The first-order valence-electron chi connectivity index (χ1n) is 9.12. The van der Waals surface area contributed by atoms with Gasteiger partial charge in [0.2, 0.25) is 0 Å². The van der Waals surface area contributed by atoms with E-state index in [1.54, 1.807) is 6.20 Å². The van der Waals surface area contributed by atoms with E-state index in [9.17, 15) is 9.59 Å². The summed E-state index contributed by atoms with van der Waals surface area (Å²) in [6.07, 6.45) is 3.82. The highest BCUT2D eigenvalue weighted by Crippen LogP contribution is 2.26. The lowest BCUT2D eigenvalue weighted by Crippen LogP contribution is -2.26. The second kappa shape index (κ2) is 7.53. The van der Waals surface area contributed by atoms with Crippen molar-refractivity contribution in [2.45, 2.75) is 32.6 Å². The van der Waals surface area contributed by atoms with E-state index in [4.69, 9.17) is 0 Å². The fraction of sp³-hybridized carbons (Fsp3) is 0.238. The molecule has 0 aliphatic carbocycles. The molecule has 29 heavy (non-hydrogen) atoms. The van der Waals surface area contributed by atoms with Crippen molar-refractivity contribution in [3.8, 4) is 0 Å². The third-order valence-corrected chi connectivity index (χ3v) is 6.17. The van der Waals surface area contributed by atoms with Gasteiger partial charge in [-0.25, -0.2) is 9.97 Å². The molecule has 0 atom stereocenters. The Bertz CT molecular complexity index is 1230. The fourth-order valence-corrected chi connectivity index (χ4v) is 4.71. The van der Waals surface area contributed by atoms with Gasteiger partial charge in [-0.3, -0.25) is 19.3 Å². The SMILES string of the molecule is CC(C)(C)c1csc(NC(=O)c2cnc3sc(Cc4ccccc4)cn3c2=O)n1. The van der Waals surface area contributed by atoms with Crippen molar-refractivity contribution in [1.82, 2.24) is 14.4 Å². The van der Waals surface area contributed by atoms with Gasteiger partial charge in [0.15, 0.2) is 10.1 Å². The molecule has 1 N–H and O–H groups in total. The smallest absolute Gasteiger partial charge is 0.271 e. The van der Waals surface area contributed by atoms with Crippen LogP contribution in [-0.4, -0.2) is 20.3 Å². The molecule has 3 aromatic heterocycles. The summed E-state index contributed by atoms with van der Waals surface area (Å²) in [5.74, 6) is -0.498. The zero-order valence-corrected chi connectivity index (χ0v) is 17.9. The van der Waals surface area contributed by atoms with Gasteiger partial charge in [0.25, 0.3) is 11.5 Å². The number of hydrogen-bond acceptors (Lipinski definition) is 6. The fourth-order valence-electron chi connectivity index (χ4n) is 2.81. The maximum Gasteiger partial charge on any atom is 0.271 e. The van der Waals surface area contributed by atoms with Crippen LogP contribution in [-0.2, 0) is 11.8 Å². The lowest BCUT2D eigenvalue weighted by molar-refractivity contribution is 0.102. The number of rotatable bonds is 4. The predicted molar refractivity (Wildman–Crippen MR) is 117 cm³/mol. The number of aromatic nitrogens is 3. The van der Waals surface area contributed by atoms with Crippen LogP contribution in [0.1, 0.15) is 47.3 Å². The highest BCUT2D eigenvalue weighted by atomic mass is 32.1. The molecule has 0 bridgehead atoms. The molecule has 3 heterocycles. The van der Waals surface area contributed by atoms with Gasteiger partial charge in [0, 0.05) is 34.5 Å². The monoisotopic (exact) mass is 424 g/mol. The zero-order chi connectivity index (χ0) is 20.6. The average molecular weight is 425 g/mol. The second-order valence-corrected chi connectivity index (χ2v) is 9.68. The minimum Gasteiger partial charge on any atom is -0.298 e. The maximum absolute atomic E-state index is 12.8. The van der Waals surface area contributed by atoms with Crippen LogP contribution in [0.4, 0.5) is 5.13 Å². The van der Waals surface area contributed by atoms with Gasteiger partial charge in [0.05, 0.1) is 5.69 Å². The normalized spacial score (nSPS) is 11.7. The Labute approximate surface area is 175 Å². The van der Waals surface area contributed by atoms with Gasteiger partial charge >= 0.3 is 0 Å². The molecule has 0 radical (unpaired) electrons. The molecule has 4 rings (SSSR count). The molecule has 1 amide bonds. The van der Waals surface area contributed by atoms with Gasteiger partial charge in [-0.1, -0.05) is 51.1 Å². The van der Waals surface area contributed by atoms with Crippen LogP contribution in [0.5, 0.6) is 0 Å². The molecular formula is C21H20N4O2S2. The highest BCUT2D eigenvalue weighted by molar-refractivity contribution is 7.17. The molecule has 1 aromatic carbocycles. The van der Waals surface area contributed by atoms with Crippen molar-refractivity contribution < 1.29 is 4.79 Å². The van der Waals surface area contributed by atoms with Crippen molar-refractivity contribution in [1.29, 1.82) is 0 Å². The lowest BCUT2D eigenvalue weighted by Gasteiger charge is -2.14. The Kier molecular flexibility index (Phi) is 5.06. The van der Waals surface area contributed by atoms with Gasteiger partial charge in [-0.05, 0) is 5.56 Å². The van der Waals surface area contributed by atoms with E-state index in [-0.39, 0.29) is 16.5 Å². The summed E-state index contributed by atoms with van der Waals surface area (Å²) in [7, 11) is 0. The molecular weight excluding hydrogens is 404 g/mol. The van der Waals surface area contributed by atoms with E-state index in [0.29, 0.717) is 16.5 Å². The molecule has 0 fully saturated rings. The summed E-state index contributed by atoms with van der Waals surface area (Å²) in [4.78, 5) is 35.8.